The SMILES string of the molecule is COc1ccc(-c2cc3n(n2)CCC(=O)N3Cc2ccc(C(=O)NCC3CNNC3C)cc2)cc1. The molecular formula is C26H30N6O3. The standard InChI is InChI=1S/C26H30N6O3/c1-17-21(15-28-29-17)14-27-26(34)20-5-3-18(4-6-20)16-31-24-13-23(30-32(24)12-11-25(31)33)19-7-9-22(35-2)10-8-19/h3-10,13,17,21,28-29H,11-12,14-16H2,1-2H3,(H,27,34). The fourth-order valence-corrected chi connectivity index (χ4v) is 4.49. The number of carbonyl (C=O) groups excluding carboxylic acids is 2. The third-order valence-electron chi connectivity index (χ3n) is 6.74. The molecule has 0 saturated carbocycles. The number of aryl methyl sites for hydroxylation is 1. The second-order valence-corrected chi connectivity index (χ2v) is 9.05. The van der Waals surface area contributed by atoms with Gasteiger partial charge in [-0.1, -0.05) is 12.1 Å². The molecule has 1 fully saturated rings. The van der Waals surface area contributed by atoms with Crippen LogP contribution in [0, 0.1) is 5.92 Å². The van der Waals surface area contributed by atoms with Gasteiger partial charge in [-0.2, -0.15) is 5.10 Å². The average Bonchev–Trinajstić information content (AvgIpc) is 3.51. The van der Waals surface area contributed by atoms with Gasteiger partial charge in [0.2, 0.25) is 5.91 Å². The molecular weight excluding hydrogens is 444 g/mol. The molecule has 35 heavy (non-hydrogen) atoms. The van der Waals surface area contributed by atoms with Crippen LogP contribution in [0.2, 0.25) is 0 Å². The highest BCUT2D eigenvalue weighted by Gasteiger charge is 2.27. The molecule has 1 aromatic heterocycles. The van der Waals surface area contributed by atoms with Gasteiger partial charge in [0.25, 0.3) is 5.91 Å². The first-order valence-corrected chi connectivity index (χ1v) is 11.9. The van der Waals surface area contributed by atoms with E-state index in [1.165, 1.54) is 0 Å². The van der Waals surface area contributed by atoms with Crippen molar-refractivity contribution in [1.82, 2.24) is 25.9 Å². The Hall–Kier alpha value is -3.69. The van der Waals surface area contributed by atoms with Gasteiger partial charge < -0.3 is 10.1 Å². The van der Waals surface area contributed by atoms with Crippen molar-refractivity contribution in [2.75, 3.05) is 25.1 Å². The van der Waals surface area contributed by atoms with E-state index in [-0.39, 0.29) is 11.8 Å². The Morgan fingerprint density at radius 3 is 2.63 bits per heavy atom. The first-order chi connectivity index (χ1) is 17.0. The second-order valence-electron chi connectivity index (χ2n) is 9.05. The number of benzene rings is 2. The maximum Gasteiger partial charge on any atom is 0.251 e. The maximum absolute atomic E-state index is 12.8. The highest BCUT2D eigenvalue weighted by Crippen LogP contribution is 2.30. The molecule has 2 amide bonds. The third kappa shape index (κ3) is 4.91. The lowest BCUT2D eigenvalue weighted by atomic mass is 10.0. The molecule has 182 valence electrons. The van der Waals surface area contributed by atoms with Crippen molar-refractivity contribution in [2.45, 2.75) is 32.5 Å². The maximum atomic E-state index is 12.8. The molecule has 0 spiro atoms. The van der Waals surface area contributed by atoms with Gasteiger partial charge in [-0.3, -0.25) is 25.3 Å². The van der Waals surface area contributed by atoms with E-state index in [0.717, 1.165) is 34.9 Å². The molecule has 9 heteroatoms. The molecule has 0 aliphatic carbocycles. The van der Waals surface area contributed by atoms with Gasteiger partial charge in [0.15, 0.2) is 0 Å². The Balaban J connectivity index is 1.27. The van der Waals surface area contributed by atoms with E-state index in [1.54, 1.807) is 12.0 Å². The Morgan fingerprint density at radius 1 is 1.17 bits per heavy atom. The van der Waals surface area contributed by atoms with Crippen LogP contribution >= 0.6 is 0 Å². The molecule has 2 unspecified atom stereocenters. The minimum absolute atomic E-state index is 0.0633. The number of hydrogen-bond acceptors (Lipinski definition) is 6. The summed E-state index contributed by atoms with van der Waals surface area (Å²) in [6.45, 7) is 4.53. The van der Waals surface area contributed by atoms with Gasteiger partial charge in [-0.15, -0.1) is 0 Å². The van der Waals surface area contributed by atoms with Gasteiger partial charge in [0.05, 0.1) is 25.9 Å². The van der Waals surface area contributed by atoms with Crippen LogP contribution in [0.25, 0.3) is 11.3 Å². The van der Waals surface area contributed by atoms with Crippen molar-refractivity contribution in [2.24, 2.45) is 5.92 Å². The Labute approximate surface area is 204 Å². The second kappa shape index (κ2) is 9.89. The smallest absolute Gasteiger partial charge is 0.251 e. The molecule has 5 rings (SSSR count). The molecule has 3 N–H and O–H groups in total. The van der Waals surface area contributed by atoms with Crippen LogP contribution in [0.4, 0.5) is 5.82 Å². The first kappa shape index (κ1) is 23.1. The minimum Gasteiger partial charge on any atom is -0.497 e. The van der Waals surface area contributed by atoms with Gasteiger partial charge in [-0.25, -0.2) is 4.68 Å². The van der Waals surface area contributed by atoms with Gasteiger partial charge in [0.1, 0.15) is 11.6 Å². The lowest BCUT2D eigenvalue weighted by Gasteiger charge is -2.27. The summed E-state index contributed by atoms with van der Waals surface area (Å²) in [6, 6.07) is 17.4. The molecule has 0 radical (unpaired) electrons. The molecule has 0 bridgehead atoms. The number of nitrogens with zero attached hydrogens (tertiary/aromatic N) is 3. The van der Waals surface area contributed by atoms with Crippen LogP contribution in [0.15, 0.2) is 54.6 Å². The summed E-state index contributed by atoms with van der Waals surface area (Å²) in [6.07, 6.45) is 0.403. The number of carbonyl (C=O) groups is 2. The van der Waals surface area contributed by atoms with Crippen molar-refractivity contribution in [3.8, 4) is 17.0 Å². The Morgan fingerprint density at radius 2 is 1.94 bits per heavy atom. The van der Waals surface area contributed by atoms with Crippen molar-refractivity contribution in [3.05, 3.63) is 65.7 Å². The lowest BCUT2D eigenvalue weighted by molar-refractivity contribution is -0.119. The van der Waals surface area contributed by atoms with Crippen molar-refractivity contribution in [1.29, 1.82) is 0 Å². The Bertz CT molecular complexity index is 1200. The summed E-state index contributed by atoms with van der Waals surface area (Å²) in [4.78, 5) is 27.1. The third-order valence-corrected chi connectivity index (χ3v) is 6.74. The molecule has 9 nitrogen and oxygen atoms in total. The molecule has 2 aromatic carbocycles. The number of nitrogens with one attached hydrogen (secondary N) is 3. The number of hydrogen-bond donors (Lipinski definition) is 3. The normalized spacial score (nSPS) is 19.5. The number of aromatic nitrogens is 2. The topological polar surface area (TPSA) is 101 Å². The summed E-state index contributed by atoms with van der Waals surface area (Å²) in [5.41, 5.74) is 9.62. The summed E-state index contributed by atoms with van der Waals surface area (Å²) in [5, 5.41) is 7.73. The van der Waals surface area contributed by atoms with Crippen LogP contribution in [0.5, 0.6) is 5.75 Å². The van der Waals surface area contributed by atoms with Crippen LogP contribution in [0.1, 0.15) is 29.3 Å². The number of hydrazine groups is 1. The minimum atomic E-state index is -0.0908. The van der Waals surface area contributed by atoms with E-state index in [9.17, 15) is 9.59 Å². The van der Waals surface area contributed by atoms with Crippen molar-refractivity contribution < 1.29 is 14.3 Å². The predicted molar refractivity (Wildman–Crippen MR) is 133 cm³/mol. The molecule has 2 aliphatic heterocycles. The lowest BCUT2D eigenvalue weighted by Crippen LogP contribution is -2.37. The zero-order valence-electron chi connectivity index (χ0n) is 20.0. The van der Waals surface area contributed by atoms with E-state index in [0.29, 0.717) is 43.6 Å². The van der Waals surface area contributed by atoms with Crippen molar-refractivity contribution in [3.63, 3.8) is 0 Å². The van der Waals surface area contributed by atoms with E-state index < -0.39 is 0 Å². The highest BCUT2D eigenvalue weighted by molar-refractivity contribution is 5.95. The van der Waals surface area contributed by atoms with Crippen LogP contribution in [0.3, 0.4) is 0 Å². The van der Waals surface area contributed by atoms with Crippen LogP contribution in [-0.4, -0.2) is 47.8 Å². The molecule has 2 aliphatic rings. The predicted octanol–water partition coefficient (Wildman–Crippen LogP) is 2.34. The number of ether oxygens (including phenoxy) is 1. The number of amides is 2. The van der Waals surface area contributed by atoms with Gasteiger partial charge in [0, 0.05) is 48.7 Å². The monoisotopic (exact) mass is 474 g/mol. The fourth-order valence-electron chi connectivity index (χ4n) is 4.49. The number of methoxy groups -OCH3 is 1. The van der Waals surface area contributed by atoms with Crippen LogP contribution in [-0.2, 0) is 17.9 Å². The molecule has 1 saturated heterocycles. The molecule has 3 heterocycles. The summed E-state index contributed by atoms with van der Waals surface area (Å²) in [5.74, 6) is 1.90. The summed E-state index contributed by atoms with van der Waals surface area (Å²) < 4.78 is 7.12. The van der Waals surface area contributed by atoms with Gasteiger partial charge >= 0.3 is 0 Å². The zero-order valence-corrected chi connectivity index (χ0v) is 20.0. The summed E-state index contributed by atoms with van der Waals surface area (Å²) in [7, 11) is 1.64. The number of rotatable bonds is 7. The van der Waals surface area contributed by atoms with E-state index >= 15 is 0 Å². The van der Waals surface area contributed by atoms with Crippen molar-refractivity contribution >= 4 is 17.6 Å². The first-order valence-electron chi connectivity index (χ1n) is 11.9. The van der Waals surface area contributed by atoms with E-state index in [1.807, 2.05) is 59.3 Å². The zero-order chi connectivity index (χ0) is 24.4. The largest absolute Gasteiger partial charge is 0.497 e. The highest BCUT2D eigenvalue weighted by atomic mass is 16.5. The summed E-state index contributed by atoms with van der Waals surface area (Å²) >= 11 is 0. The van der Waals surface area contributed by atoms with E-state index in [4.69, 9.17) is 9.84 Å². The quantitative estimate of drug-likeness (QED) is 0.486. The molecule has 3 aromatic rings. The van der Waals surface area contributed by atoms with Gasteiger partial charge in [-0.05, 0) is 48.9 Å². The average molecular weight is 475 g/mol. The Kier molecular flexibility index (Phi) is 6.52. The fraction of sp³-hybridized carbons (Fsp3) is 0.346. The van der Waals surface area contributed by atoms with E-state index in [2.05, 4.69) is 23.1 Å². The number of anilines is 1. The van der Waals surface area contributed by atoms with Crippen LogP contribution < -0.4 is 25.8 Å². The molecule has 2 atom stereocenters. The number of fused-ring (bicyclic) bond motifs is 1.